The van der Waals surface area contributed by atoms with E-state index in [1.165, 1.54) is 11.3 Å². The van der Waals surface area contributed by atoms with E-state index in [4.69, 9.17) is 4.74 Å². The van der Waals surface area contributed by atoms with Gasteiger partial charge in [-0.15, -0.1) is 11.3 Å². The molecule has 3 heterocycles. The topological polar surface area (TPSA) is 105 Å². The fourth-order valence-corrected chi connectivity index (χ4v) is 3.99. The van der Waals surface area contributed by atoms with E-state index in [0.29, 0.717) is 40.5 Å². The van der Waals surface area contributed by atoms with Gasteiger partial charge < -0.3 is 9.72 Å². The normalized spacial score (nSPS) is 14.0. The van der Waals surface area contributed by atoms with Crippen LogP contribution in [0, 0.1) is 6.92 Å². The number of benzene rings is 1. The molecule has 2 aromatic heterocycles. The number of aryl methyl sites for hydroxylation is 1. The fraction of sp³-hybridized carbons (Fsp3) is 0.316. The molecule has 0 unspecified atom stereocenters. The number of fused-ring (bicyclic) bond motifs is 1. The fourth-order valence-electron chi connectivity index (χ4n) is 3.12. The van der Waals surface area contributed by atoms with Crippen LogP contribution in [-0.2, 0) is 27.4 Å². The summed E-state index contributed by atoms with van der Waals surface area (Å²) in [5.41, 5.74) is 1.76. The van der Waals surface area contributed by atoms with Gasteiger partial charge in [-0.05, 0) is 25.0 Å². The van der Waals surface area contributed by atoms with Gasteiger partial charge in [0.15, 0.2) is 5.13 Å². The molecule has 1 amide bonds. The molecule has 1 N–H and O–H groups in total. The van der Waals surface area contributed by atoms with Crippen molar-refractivity contribution in [3.8, 4) is 0 Å². The van der Waals surface area contributed by atoms with Crippen molar-refractivity contribution in [1.82, 2.24) is 15.0 Å². The first kappa shape index (κ1) is 18.3. The van der Waals surface area contributed by atoms with Crippen molar-refractivity contribution < 1.29 is 14.3 Å². The molecular formula is C19H18N4O4S. The number of carbonyl (C=O) groups excluding carboxylic acids is 2. The van der Waals surface area contributed by atoms with Crippen LogP contribution in [0.1, 0.15) is 29.9 Å². The molecule has 0 spiro atoms. The molecule has 144 valence electrons. The Morgan fingerprint density at radius 3 is 2.96 bits per heavy atom. The highest BCUT2D eigenvalue weighted by Crippen LogP contribution is 2.25. The number of H-pyrrole nitrogens is 1. The first-order valence-electron chi connectivity index (χ1n) is 8.90. The van der Waals surface area contributed by atoms with Gasteiger partial charge in [0.2, 0.25) is 5.91 Å². The number of hydrogen-bond donors (Lipinski definition) is 1. The Morgan fingerprint density at radius 2 is 2.18 bits per heavy atom. The lowest BCUT2D eigenvalue weighted by atomic mass is 10.1. The Kier molecular flexibility index (Phi) is 4.91. The van der Waals surface area contributed by atoms with E-state index >= 15 is 0 Å². The summed E-state index contributed by atoms with van der Waals surface area (Å²) in [6, 6.07) is 5.37. The number of para-hydroxylation sites is 1. The maximum Gasteiger partial charge on any atom is 0.312 e. The van der Waals surface area contributed by atoms with Gasteiger partial charge in [0.25, 0.3) is 5.56 Å². The van der Waals surface area contributed by atoms with Gasteiger partial charge in [-0.3, -0.25) is 19.3 Å². The van der Waals surface area contributed by atoms with Crippen LogP contribution in [0.2, 0.25) is 0 Å². The van der Waals surface area contributed by atoms with E-state index in [0.717, 1.165) is 12.0 Å². The molecule has 0 atom stereocenters. The Labute approximate surface area is 164 Å². The zero-order chi connectivity index (χ0) is 19.7. The minimum absolute atomic E-state index is 0.00459. The number of ether oxygens (including phenoxy) is 1. The molecule has 0 aliphatic carbocycles. The molecule has 1 saturated heterocycles. The summed E-state index contributed by atoms with van der Waals surface area (Å²) in [6.45, 7) is 2.41. The standard InChI is InChI=1S/C19H18N4O4S/c1-11-4-2-5-13-17(11)21-14(22-18(13)26)9-27-16(25)8-12-10-28-19(20-12)23-7-3-6-15(23)24/h2,4-5,10H,3,6-9H2,1H3,(H,21,22,26). The molecule has 1 aliphatic heterocycles. The van der Waals surface area contributed by atoms with Crippen LogP contribution in [0.4, 0.5) is 5.13 Å². The minimum Gasteiger partial charge on any atom is -0.457 e. The number of nitrogens with one attached hydrogen (secondary N) is 1. The summed E-state index contributed by atoms with van der Waals surface area (Å²) in [6.07, 6.45) is 1.36. The van der Waals surface area contributed by atoms with Crippen molar-refractivity contribution >= 4 is 39.2 Å². The number of hydrogen-bond acceptors (Lipinski definition) is 7. The summed E-state index contributed by atoms with van der Waals surface area (Å²) in [7, 11) is 0. The predicted molar refractivity (Wildman–Crippen MR) is 104 cm³/mol. The lowest BCUT2D eigenvalue weighted by molar-refractivity contribution is -0.144. The monoisotopic (exact) mass is 398 g/mol. The zero-order valence-electron chi connectivity index (χ0n) is 15.2. The van der Waals surface area contributed by atoms with Gasteiger partial charge >= 0.3 is 5.97 Å². The number of nitrogens with zero attached hydrogens (tertiary/aromatic N) is 3. The number of anilines is 1. The molecule has 0 bridgehead atoms. The number of aromatic amines is 1. The Bertz CT molecular complexity index is 1120. The highest BCUT2D eigenvalue weighted by atomic mass is 32.1. The maximum atomic E-state index is 12.2. The zero-order valence-corrected chi connectivity index (χ0v) is 16.0. The van der Waals surface area contributed by atoms with E-state index in [2.05, 4.69) is 15.0 Å². The largest absolute Gasteiger partial charge is 0.457 e. The number of esters is 1. The van der Waals surface area contributed by atoms with E-state index < -0.39 is 5.97 Å². The third-order valence-electron chi connectivity index (χ3n) is 4.53. The summed E-state index contributed by atoms with van der Waals surface area (Å²) in [5, 5.41) is 2.87. The summed E-state index contributed by atoms with van der Waals surface area (Å²) < 4.78 is 5.24. The summed E-state index contributed by atoms with van der Waals surface area (Å²) in [4.78, 5) is 49.1. The quantitative estimate of drug-likeness (QED) is 0.660. The molecule has 1 aliphatic rings. The van der Waals surface area contributed by atoms with Crippen molar-refractivity contribution in [3.05, 3.63) is 51.0 Å². The van der Waals surface area contributed by atoms with Crippen molar-refractivity contribution in [2.75, 3.05) is 11.4 Å². The SMILES string of the molecule is Cc1cccc2c(=O)[nH]c(COC(=O)Cc3csc(N4CCCC4=O)n3)nc12. The average molecular weight is 398 g/mol. The van der Waals surface area contributed by atoms with E-state index in [-0.39, 0.29) is 24.5 Å². The number of thiazole rings is 1. The molecule has 1 aromatic carbocycles. The van der Waals surface area contributed by atoms with Crippen molar-refractivity contribution in [3.63, 3.8) is 0 Å². The molecule has 0 radical (unpaired) electrons. The molecule has 9 heteroatoms. The van der Waals surface area contributed by atoms with Gasteiger partial charge in [-0.1, -0.05) is 12.1 Å². The third-order valence-corrected chi connectivity index (χ3v) is 5.44. The Balaban J connectivity index is 1.40. The Hall–Kier alpha value is -3.07. The first-order chi connectivity index (χ1) is 13.5. The van der Waals surface area contributed by atoms with Gasteiger partial charge in [0, 0.05) is 18.3 Å². The highest BCUT2D eigenvalue weighted by Gasteiger charge is 2.24. The van der Waals surface area contributed by atoms with E-state index in [1.807, 2.05) is 13.0 Å². The number of carbonyl (C=O) groups is 2. The van der Waals surface area contributed by atoms with Crippen LogP contribution in [0.5, 0.6) is 0 Å². The number of rotatable bonds is 5. The van der Waals surface area contributed by atoms with Crippen molar-refractivity contribution in [2.24, 2.45) is 0 Å². The van der Waals surface area contributed by atoms with Gasteiger partial charge in [0.05, 0.1) is 23.0 Å². The maximum absolute atomic E-state index is 12.2. The summed E-state index contributed by atoms with van der Waals surface area (Å²) in [5.74, 6) is -0.121. The Morgan fingerprint density at radius 1 is 1.32 bits per heavy atom. The smallest absolute Gasteiger partial charge is 0.312 e. The lowest BCUT2D eigenvalue weighted by Gasteiger charge is -2.10. The predicted octanol–water partition coefficient (Wildman–Crippen LogP) is 2.10. The molecule has 28 heavy (non-hydrogen) atoms. The molecule has 1 fully saturated rings. The number of aromatic nitrogens is 3. The van der Waals surface area contributed by atoms with Crippen LogP contribution >= 0.6 is 11.3 Å². The molecular weight excluding hydrogens is 380 g/mol. The number of amides is 1. The van der Waals surface area contributed by atoms with Crippen molar-refractivity contribution in [1.29, 1.82) is 0 Å². The van der Waals surface area contributed by atoms with Gasteiger partial charge in [-0.25, -0.2) is 9.97 Å². The van der Waals surface area contributed by atoms with Gasteiger partial charge in [0.1, 0.15) is 12.4 Å². The van der Waals surface area contributed by atoms with Crippen LogP contribution < -0.4 is 10.5 Å². The van der Waals surface area contributed by atoms with Crippen molar-refractivity contribution in [2.45, 2.75) is 32.8 Å². The first-order valence-corrected chi connectivity index (χ1v) is 9.78. The van der Waals surface area contributed by atoms with Crippen LogP contribution in [0.25, 0.3) is 10.9 Å². The second kappa shape index (κ2) is 7.51. The average Bonchev–Trinajstić information content (AvgIpc) is 3.29. The van der Waals surface area contributed by atoms with Gasteiger partial charge in [-0.2, -0.15) is 0 Å². The molecule has 0 saturated carbocycles. The lowest BCUT2D eigenvalue weighted by Crippen LogP contribution is -2.23. The van der Waals surface area contributed by atoms with Crippen LogP contribution in [0.3, 0.4) is 0 Å². The third kappa shape index (κ3) is 3.65. The molecule has 4 rings (SSSR count). The van der Waals surface area contributed by atoms with E-state index in [9.17, 15) is 14.4 Å². The molecule has 3 aromatic rings. The summed E-state index contributed by atoms with van der Waals surface area (Å²) >= 11 is 1.34. The highest BCUT2D eigenvalue weighted by molar-refractivity contribution is 7.14. The minimum atomic E-state index is -0.475. The second-order valence-electron chi connectivity index (χ2n) is 6.59. The van der Waals surface area contributed by atoms with Crippen LogP contribution in [0.15, 0.2) is 28.4 Å². The van der Waals surface area contributed by atoms with Crippen LogP contribution in [-0.4, -0.2) is 33.4 Å². The molecule has 8 nitrogen and oxygen atoms in total. The van der Waals surface area contributed by atoms with E-state index in [1.54, 1.807) is 22.4 Å². The second-order valence-corrected chi connectivity index (χ2v) is 7.43.